The third-order valence-corrected chi connectivity index (χ3v) is 6.37. The van der Waals surface area contributed by atoms with Gasteiger partial charge in [-0.3, -0.25) is 4.81 Å². The van der Waals surface area contributed by atoms with Gasteiger partial charge in [0.2, 0.25) is 0 Å². The molecule has 144 valence electrons. The highest BCUT2D eigenvalue weighted by Crippen LogP contribution is 2.49. The molecule has 4 heteroatoms. The highest BCUT2D eigenvalue weighted by molar-refractivity contribution is 6.86. The Morgan fingerprint density at radius 1 is 0.700 bits per heavy atom. The Hall–Kier alpha value is -3.53. The van der Waals surface area contributed by atoms with E-state index in [1.165, 1.54) is 50.6 Å². The summed E-state index contributed by atoms with van der Waals surface area (Å²) in [6.45, 7) is 4.46. The van der Waals surface area contributed by atoms with Crippen LogP contribution in [0.3, 0.4) is 0 Å². The zero-order chi connectivity index (χ0) is 20.4. The molecule has 0 bridgehead atoms. The molecule has 2 aliphatic heterocycles. The lowest BCUT2D eigenvalue weighted by atomic mass is 9.59. The first-order valence-electron chi connectivity index (χ1n) is 10.5. The Kier molecular flexibility index (Phi) is 3.60. The van der Waals surface area contributed by atoms with Crippen LogP contribution in [0.2, 0.25) is 0 Å². The SMILES string of the molecule is Cc1cc2c([n+](C)c1)N(c1ccccc1C)B1c3ccccc3-c3ccccc3N12. The van der Waals surface area contributed by atoms with Crippen molar-refractivity contribution in [2.24, 2.45) is 7.05 Å². The summed E-state index contributed by atoms with van der Waals surface area (Å²) in [4.78, 5) is 5.03. The smallest absolute Gasteiger partial charge is 0.332 e. The number of rotatable bonds is 1. The van der Waals surface area contributed by atoms with Crippen molar-refractivity contribution < 1.29 is 4.57 Å². The summed E-state index contributed by atoms with van der Waals surface area (Å²) in [5, 5.41) is 0. The van der Waals surface area contributed by atoms with Gasteiger partial charge in [-0.15, -0.1) is 0 Å². The van der Waals surface area contributed by atoms with E-state index < -0.39 is 0 Å². The van der Waals surface area contributed by atoms with Crippen LogP contribution in [0, 0.1) is 13.8 Å². The number of nitrogens with zero attached hydrogens (tertiary/aromatic N) is 3. The van der Waals surface area contributed by atoms with Crippen LogP contribution < -0.4 is 19.7 Å². The van der Waals surface area contributed by atoms with Crippen molar-refractivity contribution in [2.75, 3.05) is 9.62 Å². The molecule has 0 aliphatic carbocycles. The van der Waals surface area contributed by atoms with Crippen LogP contribution in [0.1, 0.15) is 11.1 Å². The maximum atomic E-state index is 2.52. The van der Waals surface area contributed by atoms with Crippen molar-refractivity contribution in [2.45, 2.75) is 13.8 Å². The molecular weight excluding hydrogens is 365 g/mol. The Bertz CT molecular complexity index is 1310. The molecule has 4 aromatic rings. The van der Waals surface area contributed by atoms with Gasteiger partial charge in [0.1, 0.15) is 11.4 Å². The van der Waals surface area contributed by atoms with E-state index in [0.29, 0.717) is 0 Å². The van der Waals surface area contributed by atoms with Crippen LogP contribution in [-0.4, -0.2) is 6.98 Å². The first-order valence-corrected chi connectivity index (χ1v) is 10.5. The largest absolute Gasteiger partial charge is 0.543 e. The van der Waals surface area contributed by atoms with E-state index >= 15 is 0 Å². The number of benzene rings is 3. The van der Waals surface area contributed by atoms with E-state index in [0.717, 1.165) is 0 Å². The molecule has 0 saturated carbocycles. The van der Waals surface area contributed by atoms with E-state index in [4.69, 9.17) is 0 Å². The fraction of sp³-hybridized carbons (Fsp3) is 0.115. The maximum Gasteiger partial charge on any atom is 0.543 e. The summed E-state index contributed by atoms with van der Waals surface area (Å²) in [6, 6.07) is 28.7. The van der Waals surface area contributed by atoms with Crippen molar-refractivity contribution in [1.29, 1.82) is 0 Å². The molecule has 0 unspecified atom stereocenters. The highest BCUT2D eigenvalue weighted by Gasteiger charge is 2.55. The minimum absolute atomic E-state index is 0.0835. The second kappa shape index (κ2) is 6.23. The van der Waals surface area contributed by atoms with Gasteiger partial charge in [-0.1, -0.05) is 60.7 Å². The molecule has 3 heterocycles. The summed E-state index contributed by atoms with van der Waals surface area (Å²) < 4.78 is 2.28. The van der Waals surface area contributed by atoms with E-state index in [2.05, 4.69) is 120 Å². The lowest BCUT2D eigenvalue weighted by molar-refractivity contribution is -0.657. The summed E-state index contributed by atoms with van der Waals surface area (Å²) in [6.07, 6.45) is 2.22. The van der Waals surface area contributed by atoms with Crippen LogP contribution in [-0.2, 0) is 7.05 Å². The number of anilines is 4. The van der Waals surface area contributed by atoms with Gasteiger partial charge in [-0.05, 0) is 48.7 Å². The number of aromatic nitrogens is 1. The lowest BCUT2D eigenvalue weighted by Crippen LogP contribution is -2.56. The van der Waals surface area contributed by atoms with Gasteiger partial charge in [0.25, 0.3) is 5.82 Å². The maximum absolute atomic E-state index is 2.52. The Morgan fingerprint density at radius 2 is 1.37 bits per heavy atom. The van der Waals surface area contributed by atoms with Crippen molar-refractivity contribution in [3.05, 3.63) is 96.2 Å². The summed E-state index contributed by atoms with van der Waals surface area (Å²) in [5.41, 5.74) is 10.3. The fourth-order valence-electron chi connectivity index (χ4n) is 5.20. The number of para-hydroxylation sites is 2. The molecule has 0 radical (unpaired) electrons. The quantitative estimate of drug-likeness (QED) is 0.343. The van der Waals surface area contributed by atoms with Crippen molar-refractivity contribution >= 4 is 35.3 Å². The molecule has 0 N–H and O–H groups in total. The van der Waals surface area contributed by atoms with Crippen LogP contribution in [0.25, 0.3) is 11.1 Å². The summed E-state index contributed by atoms with van der Waals surface area (Å²) >= 11 is 0. The number of pyridine rings is 1. The van der Waals surface area contributed by atoms with Gasteiger partial charge in [-0.25, -0.2) is 4.57 Å². The van der Waals surface area contributed by atoms with E-state index in [1.54, 1.807) is 0 Å². The highest BCUT2D eigenvalue weighted by atomic mass is 15.4. The topological polar surface area (TPSA) is 10.4 Å². The van der Waals surface area contributed by atoms with E-state index in [9.17, 15) is 0 Å². The predicted molar refractivity (Wildman–Crippen MR) is 125 cm³/mol. The average Bonchev–Trinajstić information content (AvgIpc) is 3.10. The number of hydrogen-bond acceptors (Lipinski definition) is 2. The first-order chi connectivity index (χ1) is 14.6. The number of aryl methyl sites for hydroxylation is 3. The predicted octanol–water partition coefficient (Wildman–Crippen LogP) is 4.79. The summed E-state index contributed by atoms with van der Waals surface area (Å²) in [5.74, 6) is 1.23. The molecule has 0 saturated heterocycles. The monoisotopic (exact) mass is 388 g/mol. The number of hydrogen-bond donors (Lipinski definition) is 0. The van der Waals surface area contributed by atoms with Crippen LogP contribution in [0.4, 0.5) is 22.9 Å². The molecule has 30 heavy (non-hydrogen) atoms. The summed E-state index contributed by atoms with van der Waals surface area (Å²) in [7, 11) is 2.16. The minimum Gasteiger partial charge on any atom is -0.332 e. The Balaban J connectivity index is 1.73. The third kappa shape index (κ3) is 2.25. The van der Waals surface area contributed by atoms with Crippen molar-refractivity contribution in [1.82, 2.24) is 0 Å². The van der Waals surface area contributed by atoms with Gasteiger partial charge in [0.15, 0.2) is 0 Å². The normalized spacial score (nSPS) is 13.6. The Labute approximate surface area is 178 Å². The molecule has 3 aromatic carbocycles. The van der Waals surface area contributed by atoms with Gasteiger partial charge in [0, 0.05) is 16.7 Å². The van der Waals surface area contributed by atoms with Crippen LogP contribution in [0.5, 0.6) is 0 Å². The van der Waals surface area contributed by atoms with Crippen molar-refractivity contribution in [3.8, 4) is 11.1 Å². The van der Waals surface area contributed by atoms with Gasteiger partial charge in [-0.2, -0.15) is 0 Å². The molecule has 0 atom stereocenters. The first kappa shape index (κ1) is 17.3. The molecule has 0 spiro atoms. The molecule has 3 nitrogen and oxygen atoms in total. The molecule has 1 aromatic heterocycles. The zero-order valence-electron chi connectivity index (χ0n) is 17.5. The minimum atomic E-state index is 0.0835. The van der Waals surface area contributed by atoms with Crippen molar-refractivity contribution in [3.63, 3.8) is 0 Å². The molecule has 6 rings (SSSR count). The molecule has 2 aliphatic rings. The van der Waals surface area contributed by atoms with E-state index in [-0.39, 0.29) is 6.98 Å². The van der Waals surface area contributed by atoms with Crippen LogP contribution >= 0.6 is 0 Å². The van der Waals surface area contributed by atoms with Crippen LogP contribution in [0.15, 0.2) is 85.1 Å². The second-order valence-electron chi connectivity index (χ2n) is 8.34. The average molecular weight is 388 g/mol. The fourth-order valence-corrected chi connectivity index (χ4v) is 5.20. The van der Waals surface area contributed by atoms with Gasteiger partial charge >= 0.3 is 6.98 Å². The van der Waals surface area contributed by atoms with E-state index in [1.807, 2.05) is 0 Å². The standard InChI is InChI=1S/C26H23BN3/c1-18-16-25-26(28(3)17-18)30(23-14-8-4-10-19(23)2)27-22-13-7-5-11-20(22)21-12-6-9-15-24(21)29(25)27/h4-17H,1-3H3/q+1. The zero-order valence-corrected chi connectivity index (χ0v) is 17.5. The molecule has 0 fully saturated rings. The third-order valence-electron chi connectivity index (χ3n) is 6.37. The second-order valence-corrected chi connectivity index (χ2v) is 8.34. The molecule has 0 amide bonds. The lowest BCUT2D eigenvalue weighted by Gasteiger charge is -2.32. The van der Waals surface area contributed by atoms with Gasteiger partial charge in [0.05, 0.1) is 13.2 Å². The number of fused-ring (bicyclic) bond motifs is 8. The molecular formula is C26H23BN3+. The van der Waals surface area contributed by atoms with Gasteiger partial charge < -0.3 is 4.81 Å². The Morgan fingerprint density at radius 3 is 2.17 bits per heavy atom.